The van der Waals surface area contributed by atoms with Gasteiger partial charge in [-0.15, -0.1) is 0 Å². The number of hydrogen-bond donors (Lipinski definition) is 1. The van der Waals surface area contributed by atoms with E-state index in [1.807, 2.05) is 0 Å². The SMILES string of the molecule is COc1cc2c(c(CCCCN)c1F)OCO2. The molecule has 0 spiro atoms. The maximum absolute atomic E-state index is 14.1. The van der Waals surface area contributed by atoms with Gasteiger partial charge in [-0.2, -0.15) is 0 Å². The molecular formula is C12H16FNO3. The van der Waals surface area contributed by atoms with E-state index in [0.29, 0.717) is 30.0 Å². The molecule has 1 aromatic carbocycles. The van der Waals surface area contributed by atoms with Crippen molar-refractivity contribution in [1.82, 2.24) is 0 Å². The first-order valence-electron chi connectivity index (χ1n) is 5.63. The monoisotopic (exact) mass is 241 g/mol. The Balaban J connectivity index is 2.30. The second kappa shape index (κ2) is 5.23. The molecule has 4 nitrogen and oxygen atoms in total. The molecule has 2 rings (SSSR count). The highest BCUT2D eigenvalue weighted by molar-refractivity contribution is 5.54. The van der Waals surface area contributed by atoms with Crippen LogP contribution < -0.4 is 19.9 Å². The van der Waals surface area contributed by atoms with E-state index in [0.717, 1.165) is 12.8 Å². The number of benzene rings is 1. The Morgan fingerprint density at radius 3 is 2.94 bits per heavy atom. The highest BCUT2D eigenvalue weighted by atomic mass is 19.1. The summed E-state index contributed by atoms with van der Waals surface area (Å²) < 4.78 is 29.6. The van der Waals surface area contributed by atoms with Gasteiger partial charge in [0.15, 0.2) is 23.1 Å². The Hall–Kier alpha value is -1.49. The molecule has 0 aromatic heterocycles. The maximum Gasteiger partial charge on any atom is 0.231 e. The molecule has 1 aliphatic heterocycles. The van der Waals surface area contributed by atoms with Crippen LogP contribution in [0.4, 0.5) is 4.39 Å². The molecule has 0 unspecified atom stereocenters. The van der Waals surface area contributed by atoms with Crippen molar-refractivity contribution in [3.05, 3.63) is 17.4 Å². The largest absolute Gasteiger partial charge is 0.494 e. The van der Waals surface area contributed by atoms with Crippen LogP contribution in [-0.4, -0.2) is 20.4 Å². The van der Waals surface area contributed by atoms with Crippen LogP contribution in [0.25, 0.3) is 0 Å². The van der Waals surface area contributed by atoms with Gasteiger partial charge in [-0.05, 0) is 25.8 Å². The van der Waals surface area contributed by atoms with Crippen LogP contribution in [-0.2, 0) is 6.42 Å². The number of methoxy groups -OCH3 is 1. The van der Waals surface area contributed by atoms with Crippen LogP contribution in [0.1, 0.15) is 18.4 Å². The summed E-state index contributed by atoms with van der Waals surface area (Å²) in [5.74, 6) is 0.872. The topological polar surface area (TPSA) is 53.7 Å². The van der Waals surface area contributed by atoms with Crippen LogP contribution in [0.15, 0.2) is 6.07 Å². The lowest BCUT2D eigenvalue weighted by Gasteiger charge is -2.10. The third kappa shape index (κ3) is 2.29. The molecule has 0 saturated heterocycles. The summed E-state index contributed by atoms with van der Waals surface area (Å²) in [5.41, 5.74) is 5.94. The molecule has 1 aromatic rings. The fourth-order valence-corrected chi connectivity index (χ4v) is 1.88. The van der Waals surface area contributed by atoms with E-state index < -0.39 is 0 Å². The third-order valence-electron chi connectivity index (χ3n) is 2.76. The second-order valence-corrected chi connectivity index (χ2v) is 3.85. The van der Waals surface area contributed by atoms with Crippen LogP contribution >= 0.6 is 0 Å². The van der Waals surface area contributed by atoms with Crippen molar-refractivity contribution in [3.8, 4) is 17.2 Å². The summed E-state index contributed by atoms with van der Waals surface area (Å²) in [6, 6.07) is 1.52. The molecule has 0 aliphatic carbocycles. The van der Waals surface area contributed by atoms with Crippen LogP contribution in [0.3, 0.4) is 0 Å². The van der Waals surface area contributed by atoms with Gasteiger partial charge in [-0.25, -0.2) is 4.39 Å². The Kier molecular flexibility index (Phi) is 3.68. The maximum atomic E-state index is 14.1. The zero-order valence-electron chi connectivity index (χ0n) is 9.79. The Morgan fingerprint density at radius 1 is 1.41 bits per heavy atom. The molecular weight excluding hydrogens is 225 g/mol. The predicted octanol–water partition coefficient (Wildman–Crippen LogP) is 1.84. The molecule has 0 amide bonds. The van der Waals surface area contributed by atoms with E-state index >= 15 is 0 Å². The summed E-state index contributed by atoms with van der Waals surface area (Å²) >= 11 is 0. The van der Waals surface area contributed by atoms with Gasteiger partial charge in [0.2, 0.25) is 6.79 Å². The standard InChI is InChI=1S/C12H16FNO3/c1-15-9-6-10-12(17-7-16-10)8(11(9)13)4-2-3-5-14/h6H,2-5,7,14H2,1H3. The molecule has 5 heteroatoms. The zero-order chi connectivity index (χ0) is 12.3. The molecule has 94 valence electrons. The first-order chi connectivity index (χ1) is 8.27. The van der Waals surface area contributed by atoms with E-state index in [4.69, 9.17) is 19.9 Å². The molecule has 1 aliphatic rings. The number of unbranched alkanes of at least 4 members (excludes halogenated alkanes) is 1. The van der Waals surface area contributed by atoms with Crippen LogP contribution in [0.5, 0.6) is 17.2 Å². The van der Waals surface area contributed by atoms with Gasteiger partial charge < -0.3 is 19.9 Å². The minimum absolute atomic E-state index is 0.131. The van der Waals surface area contributed by atoms with Crippen molar-refractivity contribution in [2.45, 2.75) is 19.3 Å². The Bertz CT molecular complexity index is 408. The quantitative estimate of drug-likeness (QED) is 0.799. The van der Waals surface area contributed by atoms with E-state index in [1.165, 1.54) is 13.2 Å². The molecule has 17 heavy (non-hydrogen) atoms. The van der Waals surface area contributed by atoms with E-state index in [2.05, 4.69) is 0 Å². The lowest BCUT2D eigenvalue weighted by atomic mass is 10.1. The minimum atomic E-state index is -0.367. The summed E-state index contributed by atoms with van der Waals surface area (Å²) in [7, 11) is 1.43. The Labute approximate surface area is 99.5 Å². The summed E-state index contributed by atoms with van der Waals surface area (Å²) in [6.45, 7) is 0.733. The number of fused-ring (bicyclic) bond motifs is 1. The van der Waals surface area contributed by atoms with E-state index in [9.17, 15) is 4.39 Å². The number of ether oxygens (including phenoxy) is 3. The fourth-order valence-electron chi connectivity index (χ4n) is 1.88. The molecule has 0 bridgehead atoms. The van der Waals surface area contributed by atoms with Crippen molar-refractivity contribution in [2.24, 2.45) is 5.73 Å². The predicted molar refractivity (Wildman–Crippen MR) is 61.1 cm³/mol. The number of nitrogens with two attached hydrogens (primary N) is 1. The van der Waals surface area contributed by atoms with Gasteiger partial charge >= 0.3 is 0 Å². The lowest BCUT2D eigenvalue weighted by Crippen LogP contribution is -2.02. The van der Waals surface area contributed by atoms with Gasteiger partial charge in [-0.3, -0.25) is 0 Å². The number of rotatable bonds is 5. The van der Waals surface area contributed by atoms with Crippen molar-refractivity contribution < 1.29 is 18.6 Å². The van der Waals surface area contributed by atoms with Gasteiger partial charge in [0, 0.05) is 11.6 Å². The molecule has 0 fully saturated rings. The molecule has 0 saturated carbocycles. The first-order valence-corrected chi connectivity index (χ1v) is 5.63. The van der Waals surface area contributed by atoms with Gasteiger partial charge in [0.1, 0.15) is 0 Å². The minimum Gasteiger partial charge on any atom is -0.494 e. The Morgan fingerprint density at radius 2 is 2.24 bits per heavy atom. The van der Waals surface area contributed by atoms with Crippen LogP contribution in [0.2, 0.25) is 0 Å². The van der Waals surface area contributed by atoms with Crippen molar-refractivity contribution in [3.63, 3.8) is 0 Å². The molecule has 0 radical (unpaired) electrons. The van der Waals surface area contributed by atoms with Gasteiger partial charge in [0.05, 0.1) is 7.11 Å². The first kappa shape index (κ1) is 12.0. The average molecular weight is 241 g/mol. The highest BCUT2D eigenvalue weighted by Crippen LogP contribution is 2.42. The van der Waals surface area contributed by atoms with Crippen LogP contribution in [0, 0.1) is 5.82 Å². The number of hydrogen-bond acceptors (Lipinski definition) is 4. The smallest absolute Gasteiger partial charge is 0.231 e. The molecule has 0 atom stereocenters. The third-order valence-corrected chi connectivity index (χ3v) is 2.76. The second-order valence-electron chi connectivity index (χ2n) is 3.85. The lowest BCUT2D eigenvalue weighted by molar-refractivity contribution is 0.173. The average Bonchev–Trinajstić information content (AvgIpc) is 2.79. The summed E-state index contributed by atoms with van der Waals surface area (Å²) in [6.07, 6.45) is 2.24. The summed E-state index contributed by atoms with van der Waals surface area (Å²) in [5, 5.41) is 0. The highest BCUT2D eigenvalue weighted by Gasteiger charge is 2.24. The van der Waals surface area contributed by atoms with Crippen molar-refractivity contribution >= 4 is 0 Å². The van der Waals surface area contributed by atoms with Gasteiger partial charge in [0.25, 0.3) is 0 Å². The van der Waals surface area contributed by atoms with Crippen molar-refractivity contribution in [2.75, 3.05) is 20.4 Å². The zero-order valence-corrected chi connectivity index (χ0v) is 9.79. The van der Waals surface area contributed by atoms with Gasteiger partial charge in [-0.1, -0.05) is 0 Å². The number of halogens is 1. The van der Waals surface area contributed by atoms with E-state index in [1.54, 1.807) is 0 Å². The molecule has 1 heterocycles. The fraction of sp³-hybridized carbons (Fsp3) is 0.500. The van der Waals surface area contributed by atoms with E-state index in [-0.39, 0.29) is 18.4 Å². The van der Waals surface area contributed by atoms with Crippen molar-refractivity contribution in [1.29, 1.82) is 0 Å². The summed E-state index contributed by atoms with van der Waals surface area (Å²) in [4.78, 5) is 0. The normalized spacial score (nSPS) is 12.9. The molecule has 2 N–H and O–H groups in total.